The number of ether oxygens (including phenoxy) is 2. The van der Waals surface area contributed by atoms with Crippen LogP contribution in [-0.2, 0) is 13.0 Å². The van der Waals surface area contributed by atoms with E-state index in [9.17, 15) is 4.79 Å². The first kappa shape index (κ1) is 13.0. The van der Waals surface area contributed by atoms with Gasteiger partial charge in [0, 0.05) is 12.7 Å². The molecule has 0 atom stereocenters. The Morgan fingerprint density at radius 2 is 1.77 bits per heavy atom. The van der Waals surface area contributed by atoms with Gasteiger partial charge in [-0.25, -0.2) is 0 Å². The molecule has 0 fully saturated rings. The summed E-state index contributed by atoms with van der Waals surface area (Å²) in [5.41, 5.74) is 1.23. The summed E-state index contributed by atoms with van der Waals surface area (Å²) < 4.78 is 12.5. The topological polar surface area (TPSA) is 40.5 Å². The number of rotatable bonds is 3. The maximum Gasteiger partial charge on any atom is 0.258 e. The number of aromatic nitrogens is 1. The van der Waals surface area contributed by atoms with E-state index in [1.807, 2.05) is 36.5 Å². The van der Waals surface area contributed by atoms with Crippen LogP contribution >= 0.6 is 0 Å². The second-order valence-corrected chi connectivity index (χ2v) is 5.34. The molecule has 0 spiro atoms. The molecule has 0 amide bonds. The molecule has 0 saturated heterocycles. The Morgan fingerprint density at radius 3 is 2.59 bits per heavy atom. The molecule has 4 heteroatoms. The van der Waals surface area contributed by atoms with Gasteiger partial charge in [-0.15, -0.1) is 0 Å². The predicted octanol–water partition coefficient (Wildman–Crippen LogP) is 2.97. The summed E-state index contributed by atoms with van der Waals surface area (Å²) in [6.07, 6.45) is 2.67. The lowest BCUT2D eigenvalue weighted by Crippen LogP contribution is -2.20. The minimum Gasteiger partial charge on any atom is -0.454 e. The van der Waals surface area contributed by atoms with Gasteiger partial charge < -0.3 is 14.0 Å². The number of hydrogen-bond donors (Lipinski definition) is 0. The van der Waals surface area contributed by atoms with Crippen LogP contribution in [0.15, 0.2) is 59.5 Å². The van der Waals surface area contributed by atoms with Crippen LogP contribution in [0.4, 0.5) is 0 Å². The second-order valence-electron chi connectivity index (χ2n) is 5.34. The third kappa shape index (κ3) is 2.22. The van der Waals surface area contributed by atoms with Crippen LogP contribution < -0.4 is 15.0 Å². The van der Waals surface area contributed by atoms with Gasteiger partial charge in [-0.1, -0.05) is 30.3 Å². The molecule has 0 bridgehead atoms. The van der Waals surface area contributed by atoms with Crippen molar-refractivity contribution in [2.24, 2.45) is 0 Å². The quantitative estimate of drug-likeness (QED) is 0.745. The molecule has 0 unspecified atom stereocenters. The molecule has 1 aliphatic heterocycles. The Hall–Kier alpha value is -2.75. The summed E-state index contributed by atoms with van der Waals surface area (Å²) in [5, 5.41) is 1.55. The van der Waals surface area contributed by atoms with E-state index in [4.69, 9.17) is 9.47 Å². The van der Waals surface area contributed by atoms with Crippen LogP contribution in [0, 0.1) is 0 Å². The zero-order chi connectivity index (χ0) is 14.9. The lowest BCUT2D eigenvalue weighted by Gasteiger charge is -2.08. The molecule has 110 valence electrons. The van der Waals surface area contributed by atoms with Crippen molar-refractivity contribution in [2.75, 3.05) is 6.79 Å². The Bertz CT molecular complexity index is 884. The highest BCUT2D eigenvalue weighted by Gasteiger charge is 2.15. The van der Waals surface area contributed by atoms with Crippen molar-refractivity contribution >= 4 is 10.8 Å². The third-order valence-corrected chi connectivity index (χ3v) is 3.95. The monoisotopic (exact) mass is 293 g/mol. The molecular formula is C18H15NO3. The molecule has 1 aromatic heterocycles. The molecule has 0 saturated carbocycles. The van der Waals surface area contributed by atoms with Gasteiger partial charge in [0.05, 0.1) is 5.39 Å². The number of nitrogens with zero attached hydrogens (tertiary/aromatic N) is 1. The SMILES string of the molecule is O=c1c2cc3c(cc2ccn1CCc1ccccc1)OCO3. The molecule has 0 radical (unpaired) electrons. The van der Waals surface area contributed by atoms with Crippen LogP contribution in [0.3, 0.4) is 0 Å². The van der Waals surface area contributed by atoms with Gasteiger partial charge in [0.15, 0.2) is 11.5 Å². The highest BCUT2D eigenvalue weighted by Crippen LogP contribution is 2.34. The van der Waals surface area contributed by atoms with E-state index >= 15 is 0 Å². The van der Waals surface area contributed by atoms with Crippen molar-refractivity contribution in [3.63, 3.8) is 0 Å². The van der Waals surface area contributed by atoms with Gasteiger partial charge in [-0.3, -0.25) is 4.79 Å². The van der Waals surface area contributed by atoms with Crippen molar-refractivity contribution in [1.82, 2.24) is 4.57 Å². The average Bonchev–Trinajstić information content (AvgIpc) is 3.01. The fourth-order valence-corrected chi connectivity index (χ4v) is 2.74. The lowest BCUT2D eigenvalue weighted by molar-refractivity contribution is 0.174. The summed E-state index contributed by atoms with van der Waals surface area (Å²) in [4.78, 5) is 12.6. The van der Waals surface area contributed by atoms with Crippen LogP contribution in [0.2, 0.25) is 0 Å². The van der Waals surface area contributed by atoms with Crippen molar-refractivity contribution < 1.29 is 9.47 Å². The van der Waals surface area contributed by atoms with Gasteiger partial charge in [0.1, 0.15) is 0 Å². The lowest BCUT2D eigenvalue weighted by atomic mass is 10.1. The Labute approximate surface area is 127 Å². The highest BCUT2D eigenvalue weighted by atomic mass is 16.7. The van der Waals surface area contributed by atoms with E-state index in [-0.39, 0.29) is 12.4 Å². The molecule has 0 aliphatic carbocycles. The molecule has 2 heterocycles. The molecule has 3 aromatic rings. The molecule has 0 N–H and O–H groups in total. The summed E-state index contributed by atoms with van der Waals surface area (Å²) >= 11 is 0. The number of aryl methyl sites for hydroxylation is 2. The van der Waals surface area contributed by atoms with Crippen molar-refractivity contribution in [3.05, 3.63) is 70.6 Å². The standard InChI is InChI=1S/C18H15NO3/c20-18-15-11-17-16(21-12-22-17)10-14(15)7-9-19(18)8-6-13-4-2-1-3-5-13/h1-5,7,9-11H,6,8,12H2. The number of hydrogen-bond acceptors (Lipinski definition) is 3. The van der Waals surface area contributed by atoms with E-state index < -0.39 is 0 Å². The normalized spacial score (nSPS) is 12.7. The Kier molecular flexibility index (Phi) is 3.07. The van der Waals surface area contributed by atoms with E-state index in [2.05, 4.69) is 12.1 Å². The zero-order valence-corrected chi connectivity index (χ0v) is 12.0. The number of benzene rings is 2. The van der Waals surface area contributed by atoms with Gasteiger partial charge in [-0.2, -0.15) is 0 Å². The second kappa shape index (κ2) is 5.22. The Morgan fingerprint density at radius 1 is 1.00 bits per heavy atom. The molecule has 4 nitrogen and oxygen atoms in total. The van der Waals surface area contributed by atoms with Crippen LogP contribution in [0.25, 0.3) is 10.8 Å². The molecule has 2 aromatic carbocycles. The van der Waals surface area contributed by atoms with Gasteiger partial charge in [0.2, 0.25) is 6.79 Å². The molecule has 22 heavy (non-hydrogen) atoms. The van der Waals surface area contributed by atoms with Crippen LogP contribution in [0.5, 0.6) is 11.5 Å². The van der Waals surface area contributed by atoms with E-state index in [1.54, 1.807) is 10.6 Å². The van der Waals surface area contributed by atoms with Crippen molar-refractivity contribution in [3.8, 4) is 11.5 Å². The smallest absolute Gasteiger partial charge is 0.258 e. The zero-order valence-electron chi connectivity index (χ0n) is 12.0. The predicted molar refractivity (Wildman–Crippen MR) is 84.5 cm³/mol. The van der Waals surface area contributed by atoms with Crippen molar-refractivity contribution in [2.45, 2.75) is 13.0 Å². The first-order chi connectivity index (χ1) is 10.8. The number of fused-ring (bicyclic) bond motifs is 2. The minimum absolute atomic E-state index is 0.00623. The summed E-state index contributed by atoms with van der Waals surface area (Å²) in [7, 11) is 0. The maximum atomic E-state index is 12.6. The first-order valence-electron chi connectivity index (χ1n) is 7.28. The summed E-state index contributed by atoms with van der Waals surface area (Å²) in [6, 6.07) is 15.8. The van der Waals surface area contributed by atoms with Gasteiger partial charge in [0.25, 0.3) is 5.56 Å². The Balaban J connectivity index is 1.69. The highest BCUT2D eigenvalue weighted by molar-refractivity contribution is 5.85. The third-order valence-electron chi connectivity index (χ3n) is 3.95. The van der Waals surface area contributed by atoms with E-state index in [0.717, 1.165) is 11.8 Å². The average molecular weight is 293 g/mol. The minimum atomic E-state index is 0.00623. The molecule has 4 rings (SSSR count). The van der Waals surface area contributed by atoms with Gasteiger partial charge >= 0.3 is 0 Å². The number of pyridine rings is 1. The van der Waals surface area contributed by atoms with E-state index in [1.165, 1.54) is 5.56 Å². The fraction of sp³-hybridized carbons (Fsp3) is 0.167. The van der Waals surface area contributed by atoms with Gasteiger partial charge in [-0.05, 0) is 35.6 Å². The first-order valence-corrected chi connectivity index (χ1v) is 7.28. The summed E-state index contributed by atoms with van der Waals surface area (Å²) in [5.74, 6) is 1.35. The molecular weight excluding hydrogens is 278 g/mol. The van der Waals surface area contributed by atoms with Crippen LogP contribution in [-0.4, -0.2) is 11.4 Å². The fourth-order valence-electron chi connectivity index (χ4n) is 2.74. The van der Waals surface area contributed by atoms with Crippen molar-refractivity contribution in [1.29, 1.82) is 0 Å². The summed E-state index contributed by atoms with van der Waals surface area (Å²) in [6.45, 7) is 0.876. The van der Waals surface area contributed by atoms with E-state index in [0.29, 0.717) is 23.4 Å². The van der Waals surface area contributed by atoms with Crippen LogP contribution in [0.1, 0.15) is 5.56 Å². The largest absolute Gasteiger partial charge is 0.454 e. The molecule has 1 aliphatic rings. The maximum absolute atomic E-state index is 12.6.